The zero-order valence-corrected chi connectivity index (χ0v) is 12.4. The number of thiazole rings is 1. The molecule has 0 aromatic carbocycles. The highest BCUT2D eigenvalue weighted by atomic mass is 32.1. The van der Waals surface area contributed by atoms with Crippen LogP contribution in [0, 0.1) is 6.92 Å². The average molecular weight is 298 g/mol. The van der Waals surface area contributed by atoms with Crippen molar-refractivity contribution in [2.24, 2.45) is 0 Å². The number of nitrogens with zero attached hydrogens (tertiary/aromatic N) is 1. The quantitative estimate of drug-likeness (QED) is 0.857. The second-order valence-corrected chi connectivity index (χ2v) is 6.07. The molecule has 1 aliphatic heterocycles. The van der Waals surface area contributed by atoms with Crippen LogP contribution in [0.1, 0.15) is 40.1 Å². The van der Waals surface area contributed by atoms with Crippen molar-refractivity contribution >= 4 is 23.2 Å². The molecule has 1 saturated heterocycles. The van der Waals surface area contributed by atoms with Crippen LogP contribution in [0.5, 0.6) is 0 Å². The number of carbonyl (C=O) groups excluding carboxylic acids is 1. The fourth-order valence-electron chi connectivity index (χ4n) is 2.29. The van der Waals surface area contributed by atoms with Crippen LogP contribution in [0.2, 0.25) is 0 Å². The normalized spacial score (nSPS) is 21.9. The van der Waals surface area contributed by atoms with E-state index in [1.54, 1.807) is 6.92 Å². The van der Waals surface area contributed by atoms with E-state index in [1.807, 2.05) is 6.92 Å². The predicted molar refractivity (Wildman–Crippen MR) is 74.1 cm³/mol. The first kappa shape index (κ1) is 14.9. The summed E-state index contributed by atoms with van der Waals surface area (Å²) >= 11 is 1.36. The van der Waals surface area contributed by atoms with Crippen LogP contribution in [-0.2, 0) is 16.0 Å². The van der Waals surface area contributed by atoms with Gasteiger partial charge in [-0.25, -0.2) is 4.98 Å². The van der Waals surface area contributed by atoms with Gasteiger partial charge in [-0.1, -0.05) is 6.92 Å². The van der Waals surface area contributed by atoms with Gasteiger partial charge in [0.15, 0.2) is 0 Å². The first-order chi connectivity index (χ1) is 9.46. The molecule has 2 heterocycles. The van der Waals surface area contributed by atoms with E-state index in [1.165, 1.54) is 11.3 Å². The lowest BCUT2D eigenvalue weighted by Gasteiger charge is -2.26. The SMILES string of the molecule is CCc1nc(C)c(C(=O)NC2(CC(=O)O)CCOC2)s1. The number of carboxylic acid groups (broad SMARTS) is 1. The van der Waals surface area contributed by atoms with Gasteiger partial charge in [0, 0.05) is 6.61 Å². The number of aromatic nitrogens is 1. The molecule has 1 aromatic rings. The molecule has 110 valence electrons. The van der Waals surface area contributed by atoms with Crippen molar-refractivity contribution in [2.45, 2.75) is 38.6 Å². The van der Waals surface area contributed by atoms with Crippen LogP contribution >= 0.6 is 11.3 Å². The summed E-state index contributed by atoms with van der Waals surface area (Å²) in [7, 11) is 0. The van der Waals surface area contributed by atoms with Crippen LogP contribution in [0.25, 0.3) is 0 Å². The van der Waals surface area contributed by atoms with Gasteiger partial charge in [-0.15, -0.1) is 11.3 Å². The Morgan fingerprint density at radius 2 is 2.30 bits per heavy atom. The molecule has 7 heteroatoms. The number of hydrogen-bond acceptors (Lipinski definition) is 5. The molecule has 0 radical (unpaired) electrons. The Morgan fingerprint density at radius 3 is 2.80 bits per heavy atom. The molecule has 1 aromatic heterocycles. The maximum absolute atomic E-state index is 12.3. The number of nitrogens with one attached hydrogen (secondary N) is 1. The molecule has 0 bridgehead atoms. The summed E-state index contributed by atoms with van der Waals surface area (Å²) in [5.41, 5.74) is -0.111. The molecule has 1 amide bonds. The van der Waals surface area contributed by atoms with Gasteiger partial charge in [-0.2, -0.15) is 0 Å². The lowest BCUT2D eigenvalue weighted by molar-refractivity contribution is -0.138. The number of amides is 1. The van der Waals surface area contributed by atoms with E-state index in [4.69, 9.17) is 9.84 Å². The molecule has 2 N–H and O–H groups in total. The Morgan fingerprint density at radius 1 is 1.55 bits per heavy atom. The van der Waals surface area contributed by atoms with Crippen LogP contribution in [0.4, 0.5) is 0 Å². The van der Waals surface area contributed by atoms with Crippen molar-refractivity contribution < 1.29 is 19.4 Å². The van der Waals surface area contributed by atoms with E-state index in [0.717, 1.165) is 11.4 Å². The summed E-state index contributed by atoms with van der Waals surface area (Å²) in [4.78, 5) is 28.2. The van der Waals surface area contributed by atoms with E-state index in [9.17, 15) is 9.59 Å². The number of ether oxygens (including phenoxy) is 1. The van der Waals surface area contributed by atoms with E-state index in [-0.39, 0.29) is 18.9 Å². The number of rotatable bonds is 5. The minimum Gasteiger partial charge on any atom is -0.481 e. The summed E-state index contributed by atoms with van der Waals surface area (Å²) < 4.78 is 5.26. The molecule has 0 saturated carbocycles. The number of aliphatic carboxylic acids is 1. The predicted octanol–water partition coefficient (Wildman–Crippen LogP) is 1.38. The molecule has 1 unspecified atom stereocenters. The summed E-state index contributed by atoms with van der Waals surface area (Å²) in [6.45, 7) is 4.48. The largest absolute Gasteiger partial charge is 0.481 e. The van der Waals surface area contributed by atoms with E-state index in [0.29, 0.717) is 23.6 Å². The van der Waals surface area contributed by atoms with Crippen molar-refractivity contribution in [3.63, 3.8) is 0 Å². The molecule has 1 aliphatic rings. The lowest BCUT2D eigenvalue weighted by Crippen LogP contribution is -2.50. The zero-order valence-electron chi connectivity index (χ0n) is 11.6. The minimum atomic E-state index is -0.939. The first-order valence-corrected chi connectivity index (χ1v) is 7.36. The van der Waals surface area contributed by atoms with Crippen molar-refractivity contribution in [3.05, 3.63) is 15.6 Å². The molecule has 6 nitrogen and oxygen atoms in total. The highest BCUT2D eigenvalue weighted by Gasteiger charge is 2.39. The molecule has 1 fully saturated rings. The van der Waals surface area contributed by atoms with Gasteiger partial charge >= 0.3 is 5.97 Å². The van der Waals surface area contributed by atoms with Crippen molar-refractivity contribution in [1.29, 1.82) is 0 Å². The zero-order chi connectivity index (χ0) is 14.8. The Labute approximate surface area is 121 Å². The number of aryl methyl sites for hydroxylation is 2. The van der Waals surface area contributed by atoms with E-state index >= 15 is 0 Å². The third kappa shape index (κ3) is 3.16. The van der Waals surface area contributed by atoms with Crippen molar-refractivity contribution in [1.82, 2.24) is 10.3 Å². The van der Waals surface area contributed by atoms with Crippen LogP contribution in [-0.4, -0.2) is 40.7 Å². The highest BCUT2D eigenvalue weighted by Crippen LogP contribution is 2.25. The third-order valence-electron chi connectivity index (χ3n) is 3.32. The van der Waals surface area contributed by atoms with E-state index in [2.05, 4.69) is 10.3 Å². The number of carbonyl (C=O) groups is 2. The second-order valence-electron chi connectivity index (χ2n) is 4.98. The van der Waals surface area contributed by atoms with Gasteiger partial charge < -0.3 is 15.2 Å². The maximum atomic E-state index is 12.3. The smallest absolute Gasteiger partial charge is 0.305 e. The van der Waals surface area contributed by atoms with Gasteiger partial charge in [0.1, 0.15) is 4.88 Å². The average Bonchev–Trinajstić information content (AvgIpc) is 2.95. The first-order valence-electron chi connectivity index (χ1n) is 6.54. The van der Waals surface area contributed by atoms with Gasteiger partial charge in [0.25, 0.3) is 5.91 Å². The molecule has 0 aliphatic carbocycles. The molecule has 20 heavy (non-hydrogen) atoms. The maximum Gasteiger partial charge on any atom is 0.305 e. The highest BCUT2D eigenvalue weighted by molar-refractivity contribution is 7.13. The second kappa shape index (κ2) is 5.88. The van der Waals surface area contributed by atoms with Gasteiger partial charge in [0.05, 0.1) is 29.3 Å². The number of carboxylic acids is 1. The molecule has 0 spiro atoms. The van der Waals surface area contributed by atoms with Crippen LogP contribution < -0.4 is 5.32 Å². The Bertz CT molecular complexity index is 520. The Balaban J connectivity index is 2.15. The molecular weight excluding hydrogens is 280 g/mol. The van der Waals surface area contributed by atoms with Gasteiger partial charge in [-0.3, -0.25) is 9.59 Å². The fraction of sp³-hybridized carbons (Fsp3) is 0.615. The third-order valence-corrected chi connectivity index (χ3v) is 4.62. The lowest BCUT2D eigenvalue weighted by atomic mass is 9.94. The summed E-state index contributed by atoms with van der Waals surface area (Å²) in [5, 5.41) is 12.8. The van der Waals surface area contributed by atoms with Gasteiger partial charge in [-0.05, 0) is 19.8 Å². The van der Waals surface area contributed by atoms with Crippen molar-refractivity contribution in [3.8, 4) is 0 Å². The fourth-order valence-corrected chi connectivity index (χ4v) is 3.19. The Hall–Kier alpha value is -1.47. The number of hydrogen-bond donors (Lipinski definition) is 2. The monoisotopic (exact) mass is 298 g/mol. The van der Waals surface area contributed by atoms with Crippen LogP contribution in [0.15, 0.2) is 0 Å². The van der Waals surface area contributed by atoms with Crippen molar-refractivity contribution in [2.75, 3.05) is 13.2 Å². The molecule has 1 atom stereocenters. The Kier molecular flexibility index (Phi) is 4.39. The standard InChI is InChI=1S/C13H18N2O4S/c1-3-9-14-8(2)11(20-9)12(18)15-13(6-10(16)17)4-5-19-7-13/h3-7H2,1-2H3,(H,15,18)(H,16,17). The van der Waals surface area contributed by atoms with Crippen LogP contribution in [0.3, 0.4) is 0 Å². The van der Waals surface area contributed by atoms with Gasteiger partial charge in [0.2, 0.25) is 0 Å². The van der Waals surface area contributed by atoms with E-state index < -0.39 is 11.5 Å². The molecule has 2 rings (SSSR count). The summed E-state index contributed by atoms with van der Waals surface area (Å²) in [6.07, 6.45) is 1.17. The summed E-state index contributed by atoms with van der Waals surface area (Å²) in [5.74, 6) is -1.20. The molecular formula is C13H18N2O4S. The topological polar surface area (TPSA) is 88.5 Å². The summed E-state index contributed by atoms with van der Waals surface area (Å²) in [6, 6.07) is 0. The minimum absolute atomic E-state index is 0.128.